The van der Waals surface area contributed by atoms with E-state index in [0.29, 0.717) is 11.3 Å². The molecule has 0 amide bonds. The van der Waals surface area contributed by atoms with Gasteiger partial charge in [0.1, 0.15) is 0 Å². The highest BCUT2D eigenvalue weighted by Gasteiger charge is 2.16. The Kier molecular flexibility index (Phi) is 3.24. The lowest BCUT2D eigenvalue weighted by Crippen LogP contribution is -2.01. The van der Waals surface area contributed by atoms with Crippen molar-refractivity contribution in [2.45, 2.75) is 0 Å². The quantitative estimate of drug-likeness (QED) is 0.514. The molecule has 0 saturated heterocycles. The van der Waals surface area contributed by atoms with E-state index in [1.165, 1.54) is 0 Å². The van der Waals surface area contributed by atoms with E-state index in [-0.39, 0.29) is 11.7 Å². The Balaban J connectivity index is 1.69. The second kappa shape index (κ2) is 5.54. The molecule has 0 radical (unpaired) electrons. The van der Waals surface area contributed by atoms with Crippen LogP contribution in [0.1, 0.15) is 16.2 Å². The molecular formula is C20H13NO2. The molecule has 3 heteroatoms. The van der Waals surface area contributed by atoms with E-state index >= 15 is 0 Å². The zero-order valence-electron chi connectivity index (χ0n) is 12.3. The van der Waals surface area contributed by atoms with Crippen molar-refractivity contribution < 1.29 is 9.21 Å². The summed E-state index contributed by atoms with van der Waals surface area (Å²) in [6, 6.07) is 23.1. The fourth-order valence-electron chi connectivity index (χ4n) is 2.57. The highest BCUT2D eigenvalue weighted by molar-refractivity contribution is 6.08. The minimum absolute atomic E-state index is 0.110. The molecule has 110 valence electrons. The zero-order valence-corrected chi connectivity index (χ0v) is 12.3. The van der Waals surface area contributed by atoms with Crippen LogP contribution in [0, 0.1) is 0 Å². The van der Waals surface area contributed by atoms with Crippen molar-refractivity contribution in [3.63, 3.8) is 0 Å². The first-order chi connectivity index (χ1) is 11.3. The molecule has 1 aromatic heterocycles. The Hall–Kier alpha value is -3.20. The summed E-state index contributed by atoms with van der Waals surface area (Å²) in [5, 5.41) is 2.12. The summed E-state index contributed by atoms with van der Waals surface area (Å²) in [5.74, 6) is 0.492. The molecule has 0 aliphatic rings. The number of hydrogen-bond acceptors (Lipinski definition) is 3. The molecule has 0 saturated carbocycles. The van der Waals surface area contributed by atoms with Gasteiger partial charge in [-0.3, -0.25) is 4.79 Å². The average Bonchev–Trinajstić information content (AvgIpc) is 3.11. The van der Waals surface area contributed by atoms with Crippen LogP contribution in [-0.2, 0) is 0 Å². The zero-order chi connectivity index (χ0) is 15.6. The van der Waals surface area contributed by atoms with Crippen LogP contribution in [0.5, 0.6) is 0 Å². The highest BCUT2D eigenvalue weighted by atomic mass is 16.4. The summed E-state index contributed by atoms with van der Waals surface area (Å²) in [4.78, 5) is 16.7. The molecule has 0 spiro atoms. The summed E-state index contributed by atoms with van der Waals surface area (Å²) in [7, 11) is 0. The van der Waals surface area contributed by atoms with E-state index in [9.17, 15) is 4.79 Å². The number of benzene rings is 3. The SMILES string of the molecule is O=C(c1ccc2ccccc2c1)c1ncc(-c2ccccc2)o1. The fourth-order valence-corrected chi connectivity index (χ4v) is 2.57. The van der Waals surface area contributed by atoms with Crippen LogP contribution in [0.3, 0.4) is 0 Å². The summed E-state index contributed by atoms with van der Waals surface area (Å²) in [6.07, 6.45) is 1.59. The Bertz CT molecular complexity index is 987. The van der Waals surface area contributed by atoms with Gasteiger partial charge in [-0.05, 0) is 16.8 Å². The number of carbonyl (C=O) groups is 1. The minimum atomic E-state index is -0.210. The van der Waals surface area contributed by atoms with Gasteiger partial charge < -0.3 is 4.42 Å². The van der Waals surface area contributed by atoms with Crippen molar-refractivity contribution >= 4 is 16.6 Å². The minimum Gasteiger partial charge on any atom is -0.433 e. The first-order valence-corrected chi connectivity index (χ1v) is 7.36. The predicted molar refractivity (Wildman–Crippen MR) is 89.3 cm³/mol. The number of rotatable bonds is 3. The maximum Gasteiger partial charge on any atom is 0.268 e. The van der Waals surface area contributed by atoms with E-state index < -0.39 is 0 Å². The van der Waals surface area contributed by atoms with Crippen LogP contribution >= 0.6 is 0 Å². The number of nitrogens with zero attached hydrogens (tertiary/aromatic N) is 1. The molecule has 0 aliphatic heterocycles. The molecule has 0 unspecified atom stereocenters. The molecule has 3 nitrogen and oxygen atoms in total. The van der Waals surface area contributed by atoms with E-state index in [1.807, 2.05) is 66.7 Å². The summed E-state index contributed by atoms with van der Waals surface area (Å²) >= 11 is 0. The molecule has 4 rings (SSSR count). The predicted octanol–water partition coefficient (Wildman–Crippen LogP) is 4.73. The van der Waals surface area contributed by atoms with Gasteiger partial charge in [-0.15, -0.1) is 0 Å². The van der Waals surface area contributed by atoms with Crippen molar-refractivity contribution in [1.82, 2.24) is 4.98 Å². The van der Waals surface area contributed by atoms with Gasteiger partial charge >= 0.3 is 0 Å². The lowest BCUT2D eigenvalue weighted by atomic mass is 10.0. The lowest BCUT2D eigenvalue weighted by molar-refractivity contribution is 0.100. The highest BCUT2D eigenvalue weighted by Crippen LogP contribution is 2.22. The molecule has 3 aromatic carbocycles. The Morgan fingerprint density at radius 3 is 2.39 bits per heavy atom. The van der Waals surface area contributed by atoms with Crippen molar-refractivity contribution in [2.24, 2.45) is 0 Å². The third-order valence-electron chi connectivity index (χ3n) is 3.77. The summed E-state index contributed by atoms with van der Waals surface area (Å²) in [6.45, 7) is 0. The molecule has 23 heavy (non-hydrogen) atoms. The summed E-state index contributed by atoms with van der Waals surface area (Å²) in [5.41, 5.74) is 1.47. The third kappa shape index (κ3) is 2.53. The monoisotopic (exact) mass is 299 g/mol. The van der Waals surface area contributed by atoms with E-state index in [4.69, 9.17) is 4.42 Å². The maximum atomic E-state index is 12.6. The molecule has 1 heterocycles. The third-order valence-corrected chi connectivity index (χ3v) is 3.77. The van der Waals surface area contributed by atoms with E-state index in [2.05, 4.69) is 4.98 Å². The molecule has 0 bridgehead atoms. The largest absolute Gasteiger partial charge is 0.433 e. The second-order valence-corrected chi connectivity index (χ2v) is 5.29. The standard InChI is InChI=1S/C20H13NO2/c22-19(17-11-10-14-6-4-5-9-16(14)12-17)20-21-13-18(23-20)15-7-2-1-3-8-15/h1-13H. The van der Waals surface area contributed by atoms with Crippen molar-refractivity contribution in [1.29, 1.82) is 0 Å². The number of aromatic nitrogens is 1. The molecule has 0 atom stereocenters. The normalized spacial score (nSPS) is 10.8. The van der Waals surface area contributed by atoms with Gasteiger partial charge in [-0.1, -0.05) is 66.7 Å². The Labute approximate surface area is 133 Å². The van der Waals surface area contributed by atoms with Crippen LogP contribution in [-0.4, -0.2) is 10.8 Å². The number of fused-ring (bicyclic) bond motifs is 1. The number of ketones is 1. The molecule has 0 aliphatic carbocycles. The molecular weight excluding hydrogens is 286 g/mol. The number of hydrogen-bond donors (Lipinski definition) is 0. The lowest BCUT2D eigenvalue weighted by Gasteiger charge is -2.01. The van der Waals surface area contributed by atoms with Crippen LogP contribution in [0.4, 0.5) is 0 Å². The second-order valence-electron chi connectivity index (χ2n) is 5.29. The van der Waals surface area contributed by atoms with Gasteiger partial charge in [0.15, 0.2) is 5.76 Å². The van der Waals surface area contributed by atoms with Gasteiger partial charge in [0.2, 0.25) is 5.78 Å². The van der Waals surface area contributed by atoms with Gasteiger partial charge in [0, 0.05) is 11.1 Å². The topological polar surface area (TPSA) is 43.1 Å². The van der Waals surface area contributed by atoms with Crippen LogP contribution in [0.25, 0.3) is 22.1 Å². The summed E-state index contributed by atoms with van der Waals surface area (Å²) < 4.78 is 5.64. The Morgan fingerprint density at radius 1 is 0.826 bits per heavy atom. The average molecular weight is 299 g/mol. The van der Waals surface area contributed by atoms with Crippen LogP contribution in [0.15, 0.2) is 83.4 Å². The van der Waals surface area contributed by atoms with E-state index in [1.54, 1.807) is 12.3 Å². The van der Waals surface area contributed by atoms with Gasteiger partial charge in [0.25, 0.3) is 5.89 Å². The van der Waals surface area contributed by atoms with Crippen LogP contribution in [0.2, 0.25) is 0 Å². The molecule has 0 fully saturated rings. The number of carbonyl (C=O) groups excluding carboxylic acids is 1. The van der Waals surface area contributed by atoms with Gasteiger partial charge in [-0.2, -0.15) is 0 Å². The van der Waals surface area contributed by atoms with E-state index in [0.717, 1.165) is 16.3 Å². The van der Waals surface area contributed by atoms with Gasteiger partial charge in [-0.25, -0.2) is 4.98 Å². The Morgan fingerprint density at radius 2 is 1.57 bits per heavy atom. The molecule has 4 aromatic rings. The smallest absolute Gasteiger partial charge is 0.268 e. The maximum absolute atomic E-state index is 12.6. The molecule has 0 N–H and O–H groups in total. The van der Waals surface area contributed by atoms with Crippen LogP contribution < -0.4 is 0 Å². The van der Waals surface area contributed by atoms with Crippen molar-refractivity contribution in [3.8, 4) is 11.3 Å². The first-order valence-electron chi connectivity index (χ1n) is 7.36. The van der Waals surface area contributed by atoms with Crippen molar-refractivity contribution in [2.75, 3.05) is 0 Å². The number of oxazole rings is 1. The fraction of sp³-hybridized carbons (Fsp3) is 0. The first kappa shape index (κ1) is 13.5. The van der Waals surface area contributed by atoms with Crippen molar-refractivity contribution in [3.05, 3.63) is 90.4 Å². The van der Waals surface area contributed by atoms with Gasteiger partial charge in [0.05, 0.1) is 6.20 Å².